The van der Waals surface area contributed by atoms with E-state index in [-0.39, 0.29) is 5.97 Å². The highest BCUT2D eigenvalue weighted by Crippen LogP contribution is 2.39. The summed E-state index contributed by atoms with van der Waals surface area (Å²) in [7, 11) is 0. The van der Waals surface area contributed by atoms with Gasteiger partial charge in [-0.2, -0.15) is 0 Å². The molecule has 1 aliphatic rings. The van der Waals surface area contributed by atoms with Crippen molar-refractivity contribution < 1.29 is 9.53 Å². The molecule has 0 aliphatic heterocycles. The quantitative estimate of drug-likeness (QED) is 0.0668. The van der Waals surface area contributed by atoms with Crippen molar-refractivity contribution in [3.63, 3.8) is 0 Å². The predicted molar refractivity (Wildman–Crippen MR) is 185 cm³/mol. The minimum Gasteiger partial charge on any atom is -0.425 e. The van der Waals surface area contributed by atoms with Crippen LogP contribution in [0.15, 0.2) is 102 Å². The molecule has 42 heavy (non-hydrogen) atoms. The van der Waals surface area contributed by atoms with E-state index in [1.165, 1.54) is 73.1 Å². The highest BCUT2D eigenvalue weighted by atomic mass is 32.2. The van der Waals surface area contributed by atoms with Gasteiger partial charge in [0.05, 0.1) is 0 Å². The Morgan fingerprint density at radius 3 is 2.00 bits per heavy atom. The number of rotatable bonds is 17. The first-order valence-corrected chi connectivity index (χ1v) is 17.7. The van der Waals surface area contributed by atoms with Gasteiger partial charge in [0.15, 0.2) is 0 Å². The fourth-order valence-corrected chi connectivity index (χ4v) is 7.27. The molecule has 0 radical (unpaired) electrons. The Morgan fingerprint density at radius 1 is 0.714 bits per heavy atom. The van der Waals surface area contributed by atoms with E-state index in [9.17, 15) is 4.79 Å². The van der Waals surface area contributed by atoms with E-state index < -0.39 is 4.75 Å². The third-order valence-corrected chi connectivity index (χ3v) is 10.3. The van der Waals surface area contributed by atoms with Gasteiger partial charge < -0.3 is 4.74 Å². The predicted octanol–water partition coefficient (Wildman–Crippen LogP) is 11.4. The summed E-state index contributed by atoms with van der Waals surface area (Å²) < 4.78 is 5.31. The molecule has 1 atom stereocenters. The molecule has 0 bridgehead atoms. The molecule has 0 N–H and O–H groups in total. The van der Waals surface area contributed by atoms with Crippen molar-refractivity contribution in [1.29, 1.82) is 0 Å². The summed E-state index contributed by atoms with van der Waals surface area (Å²) >= 11 is 3.66. The van der Waals surface area contributed by atoms with Crippen molar-refractivity contribution in [1.82, 2.24) is 0 Å². The lowest BCUT2D eigenvalue weighted by atomic mass is 9.92. The fourth-order valence-electron chi connectivity index (χ4n) is 5.12. The molecule has 3 aromatic carbocycles. The SMILES string of the molecule is CCCCCCCCSc1ccc(-c2ccc(OC(=O)C3(SCCCCC)C=CC(c4ccccc4)=CC3)cc2)cc1. The van der Waals surface area contributed by atoms with Crippen LogP contribution >= 0.6 is 23.5 Å². The number of hydrogen-bond donors (Lipinski definition) is 0. The van der Waals surface area contributed by atoms with E-state index in [1.54, 1.807) is 11.8 Å². The average Bonchev–Trinajstić information content (AvgIpc) is 3.04. The van der Waals surface area contributed by atoms with Crippen LogP contribution in [0.1, 0.15) is 83.6 Å². The largest absolute Gasteiger partial charge is 0.425 e. The number of carbonyl (C=O) groups is 1. The molecule has 0 heterocycles. The monoisotopic (exact) mass is 598 g/mol. The Kier molecular flexibility index (Phi) is 13.4. The molecule has 0 saturated carbocycles. The molecule has 4 rings (SSSR count). The summed E-state index contributed by atoms with van der Waals surface area (Å²) in [6.07, 6.45) is 18.4. The number of hydrogen-bond acceptors (Lipinski definition) is 4. The molecular formula is C38H46O2S2. The van der Waals surface area contributed by atoms with E-state index in [0.29, 0.717) is 12.2 Å². The van der Waals surface area contributed by atoms with Crippen LogP contribution in [0.4, 0.5) is 0 Å². The maximum absolute atomic E-state index is 13.6. The number of thioether (sulfide) groups is 2. The normalized spacial score (nSPS) is 16.3. The zero-order chi connectivity index (χ0) is 29.5. The summed E-state index contributed by atoms with van der Waals surface area (Å²) in [4.78, 5) is 15.0. The maximum Gasteiger partial charge on any atom is 0.331 e. The van der Waals surface area contributed by atoms with Crippen LogP contribution in [0.5, 0.6) is 5.75 Å². The van der Waals surface area contributed by atoms with Gasteiger partial charge in [-0.05, 0) is 77.3 Å². The van der Waals surface area contributed by atoms with Gasteiger partial charge in [0, 0.05) is 4.90 Å². The fraction of sp³-hybridized carbons (Fsp3) is 0.395. The Balaban J connectivity index is 1.34. The molecule has 3 aromatic rings. The highest BCUT2D eigenvalue weighted by molar-refractivity contribution is 8.01. The molecule has 0 saturated heterocycles. The van der Waals surface area contributed by atoms with Gasteiger partial charge in [0.2, 0.25) is 0 Å². The summed E-state index contributed by atoms with van der Waals surface area (Å²) in [5.74, 6) is 2.52. The van der Waals surface area contributed by atoms with Crippen molar-refractivity contribution >= 4 is 35.1 Å². The van der Waals surface area contributed by atoms with Crippen LogP contribution in [0.2, 0.25) is 0 Å². The van der Waals surface area contributed by atoms with Crippen LogP contribution in [0, 0.1) is 0 Å². The number of allylic oxidation sites excluding steroid dienone is 3. The third kappa shape index (κ3) is 9.67. The van der Waals surface area contributed by atoms with E-state index in [2.05, 4.69) is 68.5 Å². The second-order valence-corrected chi connectivity index (χ2v) is 13.7. The van der Waals surface area contributed by atoms with Crippen LogP contribution in [0.3, 0.4) is 0 Å². The highest BCUT2D eigenvalue weighted by Gasteiger charge is 2.39. The number of esters is 1. The topological polar surface area (TPSA) is 26.3 Å². The maximum atomic E-state index is 13.6. The Bertz CT molecular complexity index is 1280. The molecule has 0 fully saturated rings. The van der Waals surface area contributed by atoms with Crippen molar-refractivity contribution in [3.8, 4) is 16.9 Å². The minimum absolute atomic E-state index is 0.192. The van der Waals surface area contributed by atoms with Crippen molar-refractivity contribution in [3.05, 3.63) is 103 Å². The van der Waals surface area contributed by atoms with Gasteiger partial charge in [-0.15, -0.1) is 23.5 Å². The van der Waals surface area contributed by atoms with Gasteiger partial charge in [0.25, 0.3) is 0 Å². The number of benzene rings is 3. The van der Waals surface area contributed by atoms with Crippen LogP contribution in [-0.2, 0) is 4.79 Å². The van der Waals surface area contributed by atoms with Gasteiger partial charge in [0.1, 0.15) is 10.5 Å². The summed E-state index contributed by atoms with van der Waals surface area (Å²) in [6.45, 7) is 4.47. The molecule has 222 valence electrons. The number of unbranched alkanes of at least 4 members (excludes halogenated alkanes) is 7. The van der Waals surface area contributed by atoms with Crippen molar-refractivity contribution in [2.24, 2.45) is 0 Å². The second kappa shape index (κ2) is 17.4. The molecule has 1 unspecified atom stereocenters. The Labute approximate surface area is 262 Å². The van der Waals surface area contributed by atoms with Gasteiger partial charge in [-0.1, -0.05) is 132 Å². The first kappa shape index (κ1) is 32.2. The molecule has 1 aliphatic carbocycles. The Hall–Kier alpha value is -2.69. The van der Waals surface area contributed by atoms with E-state index >= 15 is 0 Å². The van der Waals surface area contributed by atoms with Crippen molar-refractivity contribution in [2.75, 3.05) is 11.5 Å². The number of carbonyl (C=O) groups excluding carboxylic acids is 1. The lowest BCUT2D eigenvalue weighted by Gasteiger charge is -2.29. The first-order chi connectivity index (χ1) is 20.6. The second-order valence-electron chi connectivity index (χ2n) is 11.1. The smallest absolute Gasteiger partial charge is 0.331 e. The Morgan fingerprint density at radius 2 is 1.33 bits per heavy atom. The molecular weight excluding hydrogens is 553 g/mol. The summed E-state index contributed by atoms with van der Waals surface area (Å²) in [5.41, 5.74) is 4.63. The lowest BCUT2D eigenvalue weighted by Crippen LogP contribution is -2.38. The van der Waals surface area contributed by atoms with Gasteiger partial charge in [-0.25, -0.2) is 4.79 Å². The van der Waals surface area contributed by atoms with Crippen LogP contribution < -0.4 is 4.74 Å². The van der Waals surface area contributed by atoms with Crippen LogP contribution in [0.25, 0.3) is 16.7 Å². The lowest BCUT2D eigenvalue weighted by molar-refractivity contribution is -0.135. The molecule has 2 nitrogen and oxygen atoms in total. The van der Waals surface area contributed by atoms with Crippen molar-refractivity contribution in [2.45, 2.75) is 87.7 Å². The van der Waals surface area contributed by atoms with Gasteiger partial charge >= 0.3 is 5.97 Å². The molecule has 0 spiro atoms. The average molecular weight is 599 g/mol. The zero-order valence-electron chi connectivity index (χ0n) is 25.4. The zero-order valence-corrected chi connectivity index (χ0v) is 27.0. The van der Waals surface area contributed by atoms with E-state index in [0.717, 1.165) is 23.3 Å². The number of ether oxygens (including phenoxy) is 1. The standard InChI is InChI=1S/C38H46O2S2/c1-3-5-7-8-9-14-29-41-36-23-19-33(20-24-36)32-17-21-35(22-18-32)40-37(39)38(42-30-13-6-4-2)27-25-34(26-28-38)31-15-11-10-12-16-31/h10-12,15-27H,3-9,13-14,28-30H2,1-2H3. The third-order valence-electron chi connectivity index (χ3n) is 7.74. The molecule has 4 heteroatoms. The first-order valence-electron chi connectivity index (χ1n) is 15.8. The molecule has 0 aromatic heterocycles. The summed E-state index contributed by atoms with van der Waals surface area (Å²) in [6, 6.07) is 27.1. The summed E-state index contributed by atoms with van der Waals surface area (Å²) in [5, 5.41) is 0. The minimum atomic E-state index is -0.701. The van der Waals surface area contributed by atoms with E-state index in [1.807, 2.05) is 54.2 Å². The molecule has 0 amide bonds. The van der Waals surface area contributed by atoms with Crippen LogP contribution in [-0.4, -0.2) is 22.2 Å². The van der Waals surface area contributed by atoms with E-state index in [4.69, 9.17) is 4.74 Å². The van der Waals surface area contributed by atoms with Gasteiger partial charge in [-0.3, -0.25) is 0 Å².